The predicted molar refractivity (Wildman–Crippen MR) is 100 cm³/mol. The van der Waals surface area contributed by atoms with Gasteiger partial charge in [0.25, 0.3) is 0 Å². The fraction of sp³-hybridized carbons (Fsp3) is 0.211. The Morgan fingerprint density at radius 1 is 1.07 bits per heavy atom. The van der Waals surface area contributed by atoms with E-state index in [0.717, 1.165) is 22.5 Å². The van der Waals surface area contributed by atoms with Crippen molar-refractivity contribution in [1.29, 1.82) is 0 Å². The third kappa shape index (κ3) is 4.61. The fourth-order valence-corrected chi connectivity index (χ4v) is 4.16. The molecule has 0 radical (unpaired) electrons. The summed E-state index contributed by atoms with van der Waals surface area (Å²) in [5.74, 6) is -2.00. The van der Waals surface area contributed by atoms with E-state index in [4.69, 9.17) is 4.74 Å². The Balaban J connectivity index is 1.77. The van der Waals surface area contributed by atoms with E-state index >= 15 is 0 Å². The minimum Gasteiger partial charge on any atom is -0.379 e. The Hall–Kier alpha value is -2.62. The van der Waals surface area contributed by atoms with Crippen LogP contribution >= 0.6 is 0 Å². The van der Waals surface area contributed by atoms with E-state index in [9.17, 15) is 22.0 Å². The van der Waals surface area contributed by atoms with Gasteiger partial charge in [-0.3, -0.25) is 4.79 Å². The first-order chi connectivity index (χ1) is 13.4. The van der Waals surface area contributed by atoms with Crippen LogP contribution in [0.4, 0.5) is 14.5 Å². The number of halogens is 2. The van der Waals surface area contributed by atoms with Gasteiger partial charge in [0, 0.05) is 30.4 Å². The van der Waals surface area contributed by atoms with Crippen molar-refractivity contribution < 1.29 is 26.7 Å². The predicted octanol–water partition coefficient (Wildman–Crippen LogP) is 2.64. The molecule has 0 aromatic heterocycles. The summed E-state index contributed by atoms with van der Waals surface area (Å²) in [5, 5.41) is 2.45. The molecule has 0 aliphatic carbocycles. The number of amides is 1. The first-order valence-electron chi connectivity index (χ1n) is 8.49. The first kappa shape index (κ1) is 20.1. The van der Waals surface area contributed by atoms with Crippen LogP contribution in [0.2, 0.25) is 0 Å². The Morgan fingerprint density at radius 2 is 1.79 bits per heavy atom. The normalized spacial score (nSPS) is 15.6. The van der Waals surface area contributed by atoms with Crippen molar-refractivity contribution in [2.45, 2.75) is 4.90 Å². The van der Waals surface area contributed by atoms with Crippen LogP contribution in [0.5, 0.6) is 0 Å². The van der Waals surface area contributed by atoms with Gasteiger partial charge in [0.05, 0.1) is 13.2 Å². The van der Waals surface area contributed by atoms with Crippen molar-refractivity contribution in [1.82, 2.24) is 4.31 Å². The number of rotatable bonds is 5. The zero-order valence-corrected chi connectivity index (χ0v) is 15.6. The highest BCUT2D eigenvalue weighted by molar-refractivity contribution is 7.89. The van der Waals surface area contributed by atoms with Gasteiger partial charge in [-0.15, -0.1) is 0 Å². The van der Waals surface area contributed by atoms with Gasteiger partial charge in [0.15, 0.2) is 0 Å². The van der Waals surface area contributed by atoms with Crippen molar-refractivity contribution in [2.24, 2.45) is 0 Å². The van der Waals surface area contributed by atoms with Gasteiger partial charge in [-0.05, 0) is 30.3 Å². The molecule has 1 aliphatic rings. The van der Waals surface area contributed by atoms with Crippen molar-refractivity contribution in [3.63, 3.8) is 0 Å². The second-order valence-corrected chi connectivity index (χ2v) is 7.91. The molecule has 148 valence electrons. The number of hydrogen-bond acceptors (Lipinski definition) is 4. The van der Waals surface area contributed by atoms with Gasteiger partial charge in [-0.25, -0.2) is 17.2 Å². The summed E-state index contributed by atoms with van der Waals surface area (Å²) in [6.07, 6.45) is 2.40. The molecule has 28 heavy (non-hydrogen) atoms. The van der Waals surface area contributed by atoms with Gasteiger partial charge in [-0.1, -0.05) is 18.2 Å². The zero-order valence-electron chi connectivity index (χ0n) is 14.8. The monoisotopic (exact) mass is 408 g/mol. The number of carbonyl (C=O) groups excluding carboxylic acids is 1. The number of sulfonamides is 1. The molecular weight excluding hydrogens is 390 g/mol. The number of carbonyl (C=O) groups is 1. The number of benzene rings is 2. The second-order valence-electron chi connectivity index (χ2n) is 6.01. The molecule has 1 fully saturated rings. The van der Waals surface area contributed by atoms with Crippen LogP contribution in [-0.2, 0) is 19.6 Å². The van der Waals surface area contributed by atoms with Crippen molar-refractivity contribution in [3.05, 3.63) is 65.7 Å². The summed E-state index contributed by atoms with van der Waals surface area (Å²) < 4.78 is 59.3. The molecule has 0 unspecified atom stereocenters. The summed E-state index contributed by atoms with van der Waals surface area (Å²) in [5.41, 5.74) is 0.337. The quantitative estimate of drug-likeness (QED) is 0.772. The van der Waals surface area contributed by atoms with E-state index in [1.165, 1.54) is 30.3 Å². The molecule has 6 nitrogen and oxygen atoms in total. The lowest BCUT2D eigenvalue weighted by atomic mass is 10.2. The Kier molecular flexibility index (Phi) is 6.18. The maximum atomic E-state index is 14.2. The van der Waals surface area contributed by atoms with Crippen molar-refractivity contribution >= 4 is 27.7 Å². The molecule has 1 saturated heterocycles. The van der Waals surface area contributed by atoms with E-state index in [1.54, 1.807) is 6.07 Å². The fourth-order valence-electron chi connectivity index (χ4n) is 2.66. The Bertz CT molecular complexity index is 1000. The summed E-state index contributed by atoms with van der Waals surface area (Å²) in [7, 11) is -4.05. The van der Waals surface area contributed by atoms with Crippen LogP contribution in [-0.4, -0.2) is 44.9 Å². The lowest BCUT2D eigenvalue weighted by molar-refractivity contribution is -0.111. The zero-order chi connectivity index (χ0) is 20.1. The number of morpholine rings is 1. The van der Waals surface area contributed by atoms with Crippen LogP contribution in [0.1, 0.15) is 5.56 Å². The molecular formula is C19H18F2N2O4S. The molecule has 0 atom stereocenters. The van der Waals surface area contributed by atoms with E-state index in [2.05, 4.69) is 5.32 Å². The molecule has 2 aromatic rings. The summed E-state index contributed by atoms with van der Waals surface area (Å²) in [4.78, 5) is 11.5. The SMILES string of the molecule is O=C(C=Cc1ccccc1F)Nc1ccc(F)c(S(=O)(=O)N2CCOCC2)c1. The second kappa shape index (κ2) is 8.59. The van der Waals surface area contributed by atoms with Crippen molar-refractivity contribution in [3.8, 4) is 0 Å². The summed E-state index contributed by atoms with van der Waals surface area (Å²) in [6, 6.07) is 9.22. The Labute approximate surface area is 161 Å². The minimum atomic E-state index is -4.05. The Morgan fingerprint density at radius 3 is 2.50 bits per heavy atom. The van der Waals surface area contributed by atoms with Gasteiger partial charge < -0.3 is 10.1 Å². The molecule has 0 spiro atoms. The maximum Gasteiger partial charge on any atom is 0.248 e. The number of hydrogen-bond donors (Lipinski definition) is 1. The topological polar surface area (TPSA) is 75.7 Å². The summed E-state index contributed by atoms with van der Waals surface area (Å²) in [6.45, 7) is 0.726. The molecule has 1 amide bonds. The number of ether oxygens (including phenoxy) is 1. The molecule has 2 aromatic carbocycles. The highest BCUT2D eigenvalue weighted by Crippen LogP contribution is 2.24. The molecule has 0 bridgehead atoms. The smallest absolute Gasteiger partial charge is 0.248 e. The number of nitrogens with zero attached hydrogens (tertiary/aromatic N) is 1. The van der Waals surface area contributed by atoms with Gasteiger partial charge in [-0.2, -0.15) is 4.31 Å². The highest BCUT2D eigenvalue weighted by Gasteiger charge is 2.29. The van der Waals surface area contributed by atoms with Gasteiger partial charge in [0.2, 0.25) is 15.9 Å². The van der Waals surface area contributed by atoms with Crippen molar-refractivity contribution in [2.75, 3.05) is 31.6 Å². The van der Waals surface area contributed by atoms with E-state index < -0.39 is 32.5 Å². The average Bonchev–Trinajstić information content (AvgIpc) is 2.69. The van der Waals surface area contributed by atoms with Gasteiger partial charge >= 0.3 is 0 Å². The third-order valence-electron chi connectivity index (χ3n) is 4.11. The molecule has 1 aliphatic heterocycles. The van der Waals surface area contributed by atoms with E-state index in [-0.39, 0.29) is 37.6 Å². The molecule has 0 saturated carbocycles. The van der Waals surface area contributed by atoms with Crippen LogP contribution in [0.15, 0.2) is 53.4 Å². The van der Waals surface area contributed by atoms with Crippen LogP contribution in [0.25, 0.3) is 6.08 Å². The lowest BCUT2D eigenvalue weighted by Crippen LogP contribution is -2.40. The number of nitrogens with one attached hydrogen (secondary N) is 1. The largest absolute Gasteiger partial charge is 0.379 e. The van der Waals surface area contributed by atoms with Crippen LogP contribution in [0, 0.1) is 11.6 Å². The average molecular weight is 408 g/mol. The third-order valence-corrected chi connectivity index (χ3v) is 6.02. The van der Waals surface area contributed by atoms with E-state index in [1.807, 2.05) is 0 Å². The van der Waals surface area contributed by atoms with E-state index in [0.29, 0.717) is 0 Å². The lowest BCUT2D eigenvalue weighted by Gasteiger charge is -2.26. The minimum absolute atomic E-state index is 0.108. The first-order valence-corrected chi connectivity index (χ1v) is 9.93. The molecule has 1 heterocycles. The standard InChI is InChI=1S/C19H18F2N2O4S/c20-16-4-2-1-3-14(16)5-8-19(24)22-15-6-7-17(21)18(13-15)28(25,26)23-9-11-27-12-10-23/h1-8,13H,9-12H2,(H,22,24). The maximum absolute atomic E-state index is 14.2. The van der Waals surface area contributed by atoms with Gasteiger partial charge in [0.1, 0.15) is 16.5 Å². The highest BCUT2D eigenvalue weighted by atomic mass is 32.2. The molecule has 9 heteroatoms. The van der Waals surface area contributed by atoms with Crippen LogP contribution in [0.3, 0.4) is 0 Å². The molecule has 3 rings (SSSR count). The summed E-state index contributed by atoms with van der Waals surface area (Å²) >= 11 is 0. The molecule has 1 N–H and O–H groups in total. The number of anilines is 1. The van der Waals surface area contributed by atoms with Crippen LogP contribution < -0.4 is 5.32 Å².